The highest BCUT2D eigenvalue weighted by atomic mass is 16.5. The highest BCUT2D eigenvalue weighted by molar-refractivity contribution is 5.42. The highest BCUT2D eigenvalue weighted by Gasteiger charge is 2.20. The Kier molecular flexibility index (Phi) is 5.67. The monoisotopic (exact) mass is 265 g/mol. The van der Waals surface area contributed by atoms with Crippen molar-refractivity contribution in [3.8, 4) is 11.5 Å². The van der Waals surface area contributed by atoms with Crippen molar-refractivity contribution in [3.05, 3.63) is 23.8 Å². The standard InChI is InChI=1S/C16H27NO2/c1-12(2)17-10-16(4,5)11-19-14-8-7-13(3)9-15(14)18-6/h7-9,12,17H,10-11H2,1-6H3. The molecule has 0 aliphatic carbocycles. The van der Waals surface area contributed by atoms with Gasteiger partial charge in [-0.3, -0.25) is 0 Å². The van der Waals surface area contributed by atoms with Crippen molar-refractivity contribution in [2.45, 2.75) is 40.7 Å². The van der Waals surface area contributed by atoms with Crippen molar-refractivity contribution < 1.29 is 9.47 Å². The molecular weight excluding hydrogens is 238 g/mol. The van der Waals surface area contributed by atoms with E-state index in [4.69, 9.17) is 9.47 Å². The summed E-state index contributed by atoms with van der Waals surface area (Å²) in [4.78, 5) is 0. The van der Waals surface area contributed by atoms with Crippen molar-refractivity contribution in [2.24, 2.45) is 5.41 Å². The first-order valence-electron chi connectivity index (χ1n) is 6.85. The summed E-state index contributed by atoms with van der Waals surface area (Å²) in [7, 11) is 1.67. The molecule has 0 atom stereocenters. The van der Waals surface area contributed by atoms with Gasteiger partial charge in [0.2, 0.25) is 0 Å². The Bertz CT molecular complexity index is 400. The molecule has 0 aliphatic heterocycles. The van der Waals surface area contributed by atoms with Gasteiger partial charge in [0.25, 0.3) is 0 Å². The van der Waals surface area contributed by atoms with Crippen LogP contribution in [-0.4, -0.2) is 26.3 Å². The van der Waals surface area contributed by atoms with E-state index in [0.717, 1.165) is 18.0 Å². The first-order valence-corrected chi connectivity index (χ1v) is 6.85. The molecule has 0 saturated heterocycles. The quantitative estimate of drug-likeness (QED) is 0.819. The van der Waals surface area contributed by atoms with E-state index >= 15 is 0 Å². The third-order valence-electron chi connectivity index (χ3n) is 2.93. The average Bonchev–Trinajstić information content (AvgIpc) is 2.35. The molecule has 1 rings (SSSR count). The summed E-state index contributed by atoms with van der Waals surface area (Å²) >= 11 is 0. The molecule has 0 unspecified atom stereocenters. The summed E-state index contributed by atoms with van der Waals surface area (Å²) in [5, 5.41) is 3.45. The predicted molar refractivity (Wildman–Crippen MR) is 80.1 cm³/mol. The first kappa shape index (κ1) is 15.8. The molecular formula is C16H27NO2. The lowest BCUT2D eigenvalue weighted by Crippen LogP contribution is -2.37. The molecule has 1 N–H and O–H groups in total. The summed E-state index contributed by atoms with van der Waals surface area (Å²) in [5.74, 6) is 1.61. The van der Waals surface area contributed by atoms with Crippen LogP contribution >= 0.6 is 0 Å². The Morgan fingerprint density at radius 1 is 1.21 bits per heavy atom. The zero-order chi connectivity index (χ0) is 14.5. The van der Waals surface area contributed by atoms with Crippen LogP contribution in [0.15, 0.2) is 18.2 Å². The van der Waals surface area contributed by atoms with Gasteiger partial charge in [0, 0.05) is 18.0 Å². The van der Waals surface area contributed by atoms with E-state index in [9.17, 15) is 0 Å². The summed E-state index contributed by atoms with van der Waals surface area (Å²) in [6, 6.07) is 6.50. The molecule has 0 fully saturated rings. The molecule has 0 heterocycles. The van der Waals surface area contributed by atoms with Crippen molar-refractivity contribution in [3.63, 3.8) is 0 Å². The Hall–Kier alpha value is -1.22. The van der Waals surface area contributed by atoms with Crippen LogP contribution in [0.4, 0.5) is 0 Å². The minimum absolute atomic E-state index is 0.0835. The van der Waals surface area contributed by atoms with E-state index in [1.165, 1.54) is 5.56 Å². The van der Waals surface area contributed by atoms with Crippen LogP contribution in [0.3, 0.4) is 0 Å². The lowest BCUT2D eigenvalue weighted by atomic mass is 9.94. The van der Waals surface area contributed by atoms with Gasteiger partial charge < -0.3 is 14.8 Å². The molecule has 19 heavy (non-hydrogen) atoms. The van der Waals surface area contributed by atoms with Crippen LogP contribution in [-0.2, 0) is 0 Å². The number of hydrogen-bond donors (Lipinski definition) is 1. The lowest BCUT2D eigenvalue weighted by molar-refractivity contribution is 0.169. The highest BCUT2D eigenvalue weighted by Crippen LogP contribution is 2.29. The first-order chi connectivity index (χ1) is 8.84. The van der Waals surface area contributed by atoms with Crippen LogP contribution in [0.1, 0.15) is 33.3 Å². The van der Waals surface area contributed by atoms with E-state index in [1.807, 2.05) is 25.1 Å². The van der Waals surface area contributed by atoms with Crippen molar-refractivity contribution in [1.82, 2.24) is 5.32 Å². The lowest BCUT2D eigenvalue weighted by Gasteiger charge is -2.26. The summed E-state index contributed by atoms with van der Waals surface area (Å²) < 4.78 is 11.3. The fraction of sp³-hybridized carbons (Fsp3) is 0.625. The van der Waals surface area contributed by atoms with Gasteiger partial charge >= 0.3 is 0 Å². The molecule has 0 spiro atoms. The van der Waals surface area contributed by atoms with Crippen molar-refractivity contribution in [1.29, 1.82) is 0 Å². The Balaban J connectivity index is 2.60. The third-order valence-corrected chi connectivity index (χ3v) is 2.93. The van der Waals surface area contributed by atoms with Gasteiger partial charge in [-0.25, -0.2) is 0 Å². The van der Waals surface area contributed by atoms with Gasteiger partial charge in [0.15, 0.2) is 11.5 Å². The van der Waals surface area contributed by atoms with Gasteiger partial charge in [-0.05, 0) is 24.6 Å². The van der Waals surface area contributed by atoms with E-state index in [0.29, 0.717) is 12.6 Å². The molecule has 1 aromatic rings. The molecule has 0 bridgehead atoms. The molecule has 3 nitrogen and oxygen atoms in total. The van der Waals surface area contributed by atoms with Crippen LogP contribution < -0.4 is 14.8 Å². The number of ether oxygens (including phenoxy) is 2. The van der Waals surface area contributed by atoms with Gasteiger partial charge in [0.1, 0.15) is 0 Å². The fourth-order valence-corrected chi connectivity index (χ4v) is 1.70. The Labute approximate surface area is 117 Å². The van der Waals surface area contributed by atoms with E-state index in [2.05, 4.69) is 33.0 Å². The Morgan fingerprint density at radius 3 is 2.47 bits per heavy atom. The normalized spacial score (nSPS) is 11.7. The topological polar surface area (TPSA) is 30.5 Å². The summed E-state index contributed by atoms with van der Waals surface area (Å²) in [6.07, 6.45) is 0. The molecule has 3 heteroatoms. The maximum absolute atomic E-state index is 5.92. The number of methoxy groups -OCH3 is 1. The van der Waals surface area contributed by atoms with Crippen LogP contribution in [0.5, 0.6) is 11.5 Å². The number of aryl methyl sites for hydroxylation is 1. The van der Waals surface area contributed by atoms with E-state index < -0.39 is 0 Å². The van der Waals surface area contributed by atoms with Gasteiger partial charge in [-0.15, -0.1) is 0 Å². The Morgan fingerprint density at radius 2 is 1.89 bits per heavy atom. The number of nitrogens with one attached hydrogen (secondary N) is 1. The fourth-order valence-electron chi connectivity index (χ4n) is 1.70. The van der Waals surface area contributed by atoms with E-state index in [1.54, 1.807) is 7.11 Å². The maximum atomic E-state index is 5.92. The summed E-state index contributed by atoms with van der Waals surface area (Å²) in [6.45, 7) is 12.3. The minimum Gasteiger partial charge on any atom is -0.493 e. The maximum Gasteiger partial charge on any atom is 0.161 e. The molecule has 0 radical (unpaired) electrons. The van der Waals surface area contributed by atoms with E-state index in [-0.39, 0.29) is 5.41 Å². The minimum atomic E-state index is 0.0835. The molecule has 108 valence electrons. The number of benzene rings is 1. The molecule has 1 aromatic carbocycles. The number of hydrogen-bond acceptors (Lipinski definition) is 3. The molecule has 0 aromatic heterocycles. The largest absolute Gasteiger partial charge is 0.493 e. The molecule has 0 aliphatic rings. The van der Waals surface area contributed by atoms with Crippen LogP contribution in [0.2, 0.25) is 0 Å². The zero-order valence-corrected chi connectivity index (χ0v) is 13.0. The second kappa shape index (κ2) is 6.80. The zero-order valence-electron chi connectivity index (χ0n) is 13.0. The van der Waals surface area contributed by atoms with Crippen molar-refractivity contribution in [2.75, 3.05) is 20.3 Å². The average molecular weight is 265 g/mol. The SMILES string of the molecule is COc1cc(C)ccc1OCC(C)(C)CNC(C)C. The van der Waals surface area contributed by atoms with Gasteiger partial charge in [-0.1, -0.05) is 33.8 Å². The molecule has 0 amide bonds. The smallest absolute Gasteiger partial charge is 0.161 e. The second-order valence-corrected chi connectivity index (χ2v) is 6.14. The van der Waals surface area contributed by atoms with Gasteiger partial charge in [0.05, 0.1) is 13.7 Å². The van der Waals surface area contributed by atoms with Crippen molar-refractivity contribution >= 4 is 0 Å². The number of rotatable bonds is 7. The van der Waals surface area contributed by atoms with Crippen LogP contribution in [0.25, 0.3) is 0 Å². The molecule has 0 saturated carbocycles. The third kappa shape index (κ3) is 5.52. The summed E-state index contributed by atoms with van der Waals surface area (Å²) in [5.41, 5.74) is 1.25. The van der Waals surface area contributed by atoms with Gasteiger partial charge in [-0.2, -0.15) is 0 Å². The predicted octanol–water partition coefficient (Wildman–Crippen LogP) is 3.41. The second-order valence-electron chi connectivity index (χ2n) is 6.14. The van der Waals surface area contributed by atoms with Crippen LogP contribution in [0, 0.1) is 12.3 Å².